The summed E-state index contributed by atoms with van der Waals surface area (Å²) < 4.78 is 52.8. The molecule has 10 heteroatoms. The van der Waals surface area contributed by atoms with Crippen LogP contribution in [0.3, 0.4) is 0 Å². The molecule has 0 aromatic heterocycles. The first-order valence-corrected chi connectivity index (χ1v) is 7.77. The number of nitriles is 1. The smallest absolute Gasteiger partial charge is 0.355 e. The lowest BCUT2D eigenvalue weighted by Crippen LogP contribution is -2.21. The first kappa shape index (κ1) is 20.1. The van der Waals surface area contributed by atoms with Crippen molar-refractivity contribution in [2.24, 2.45) is 0 Å². The summed E-state index contributed by atoms with van der Waals surface area (Å²) in [7, 11) is 1.36. The second kappa shape index (κ2) is 8.01. The van der Waals surface area contributed by atoms with E-state index in [2.05, 4.69) is 16.0 Å². The highest BCUT2D eigenvalue weighted by molar-refractivity contribution is 7.80. The minimum atomic E-state index is -4.70. The molecule has 0 aliphatic heterocycles. The average molecular weight is 396 g/mol. The first-order valence-electron chi connectivity index (χ1n) is 7.36. The Morgan fingerprint density at radius 3 is 2.22 bits per heavy atom. The molecule has 2 rings (SSSR count). The second-order valence-electron chi connectivity index (χ2n) is 5.22. The van der Waals surface area contributed by atoms with Crippen LogP contribution in [-0.4, -0.2) is 18.1 Å². The molecule has 0 fully saturated rings. The van der Waals surface area contributed by atoms with Crippen LogP contribution in [0.4, 0.5) is 28.9 Å². The van der Waals surface area contributed by atoms with Gasteiger partial charge in [0.1, 0.15) is 5.82 Å². The summed E-state index contributed by atoms with van der Waals surface area (Å²) in [6.45, 7) is 0. The van der Waals surface area contributed by atoms with E-state index in [1.807, 2.05) is 0 Å². The van der Waals surface area contributed by atoms with Crippen molar-refractivity contribution < 1.29 is 22.4 Å². The second-order valence-corrected chi connectivity index (χ2v) is 5.63. The number of anilines is 2. The highest BCUT2D eigenvalue weighted by Crippen LogP contribution is 2.33. The highest BCUT2D eigenvalue weighted by Gasteiger charge is 2.33. The van der Waals surface area contributed by atoms with Crippen LogP contribution < -0.4 is 16.0 Å². The van der Waals surface area contributed by atoms with Crippen molar-refractivity contribution in [3.63, 3.8) is 0 Å². The van der Waals surface area contributed by atoms with Crippen LogP contribution in [-0.2, 0) is 6.18 Å². The average Bonchev–Trinajstić information content (AvgIpc) is 2.60. The van der Waals surface area contributed by atoms with Crippen molar-refractivity contribution in [3.8, 4) is 6.07 Å². The number of halogens is 4. The van der Waals surface area contributed by atoms with E-state index in [9.17, 15) is 22.4 Å². The molecule has 0 saturated carbocycles. The Morgan fingerprint density at radius 1 is 1.11 bits per heavy atom. The Balaban J connectivity index is 2.16. The van der Waals surface area contributed by atoms with E-state index >= 15 is 0 Å². The summed E-state index contributed by atoms with van der Waals surface area (Å²) in [6, 6.07) is 8.16. The fourth-order valence-electron chi connectivity index (χ4n) is 2.16. The third-order valence-electron chi connectivity index (χ3n) is 3.40. The minimum Gasteiger partial charge on any atom is -0.355 e. The molecule has 0 aliphatic carbocycles. The molecule has 0 saturated heterocycles. The van der Waals surface area contributed by atoms with Crippen LogP contribution in [0, 0.1) is 17.1 Å². The molecule has 3 N–H and O–H groups in total. The van der Waals surface area contributed by atoms with Crippen LogP contribution in [0.2, 0.25) is 0 Å². The van der Waals surface area contributed by atoms with Gasteiger partial charge >= 0.3 is 6.18 Å². The van der Waals surface area contributed by atoms with E-state index < -0.39 is 29.0 Å². The highest BCUT2D eigenvalue weighted by atomic mass is 32.1. The number of alkyl halides is 3. The molecule has 0 bridgehead atoms. The van der Waals surface area contributed by atoms with Crippen LogP contribution in [0.15, 0.2) is 36.4 Å². The molecule has 140 valence electrons. The van der Waals surface area contributed by atoms with Gasteiger partial charge in [-0.05, 0) is 48.6 Å². The van der Waals surface area contributed by atoms with E-state index in [4.69, 9.17) is 17.5 Å². The van der Waals surface area contributed by atoms with E-state index in [1.54, 1.807) is 0 Å². The lowest BCUT2D eigenvalue weighted by Gasteiger charge is -2.14. The fourth-order valence-corrected chi connectivity index (χ4v) is 2.39. The minimum absolute atomic E-state index is 0.00118. The first-order chi connectivity index (χ1) is 12.7. The van der Waals surface area contributed by atoms with Gasteiger partial charge in [-0.25, -0.2) is 4.39 Å². The topological polar surface area (TPSA) is 77.0 Å². The van der Waals surface area contributed by atoms with Crippen molar-refractivity contribution in [2.75, 3.05) is 17.7 Å². The molecule has 5 nitrogen and oxygen atoms in total. The number of thiocarbonyl (C=S) groups is 1. The molecule has 27 heavy (non-hydrogen) atoms. The SMILES string of the molecule is CNC(=O)c1ccc(NC(=S)Nc2ccc(C#N)c(C(F)(F)F)c2)cc1F. The van der Waals surface area contributed by atoms with Crippen molar-refractivity contribution in [3.05, 3.63) is 58.9 Å². The van der Waals surface area contributed by atoms with Crippen LogP contribution in [0.25, 0.3) is 0 Å². The van der Waals surface area contributed by atoms with Crippen LogP contribution in [0.1, 0.15) is 21.5 Å². The summed E-state index contributed by atoms with van der Waals surface area (Å²) in [4.78, 5) is 11.4. The van der Waals surface area contributed by atoms with E-state index in [-0.39, 0.29) is 22.1 Å². The molecule has 0 aliphatic rings. The van der Waals surface area contributed by atoms with Gasteiger partial charge in [0.2, 0.25) is 0 Å². The standard InChI is InChI=1S/C17H12F4N4OS/c1-23-15(26)12-5-4-11(7-14(12)18)25-16(27)24-10-3-2-9(8-22)13(6-10)17(19,20)21/h2-7H,1H3,(H,23,26)(H2,24,25,27). The van der Waals surface area contributed by atoms with Gasteiger partial charge in [0.15, 0.2) is 5.11 Å². The van der Waals surface area contributed by atoms with Crippen molar-refractivity contribution in [1.82, 2.24) is 5.32 Å². The monoisotopic (exact) mass is 396 g/mol. The van der Waals surface area contributed by atoms with Gasteiger partial charge in [-0.15, -0.1) is 0 Å². The Kier molecular flexibility index (Phi) is 5.97. The maximum Gasteiger partial charge on any atom is 0.417 e. The Bertz CT molecular complexity index is 938. The van der Waals surface area contributed by atoms with E-state index in [1.165, 1.54) is 31.3 Å². The third-order valence-corrected chi connectivity index (χ3v) is 3.61. The number of hydrogen-bond donors (Lipinski definition) is 3. The zero-order chi connectivity index (χ0) is 20.2. The maximum absolute atomic E-state index is 13.9. The molecule has 1 amide bonds. The number of carbonyl (C=O) groups excluding carboxylic acids is 1. The largest absolute Gasteiger partial charge is 0.417 e. The Morgan fingerprint density at radius 2 is 1.70 bits per heavy atom. The molecule has 0 radical (unpaired) electrons. The molecule has 2 aromatic rings. The zero-order valence-corrected chi connectivity index (χ0v) is 14.6. The van der Waals surface area contributed by atoms with Crippen LogP contribution >= 0.6 is 12.2 Å². The maximum atomic E-state index is 13.9. The molecular formula is C17H12F4N4OS. The number of benzene rings is 2. The number of rotatable bonds is 3. The lowest BCUT2D eigenvalue weighted by molar-refractivity contribution is -0.137. The van der Waals surface area contributed by atoms with Gasteiger partial charge in [0.25, 0.3) is 5.91 Å². The Labute approximate surface area is 157 Å². The molecule has 0 heterocycles. The summed E-state index contributed by atoms with van der Waals surface area (Å²) >= 11 is 5.00. The predicted molar refractivity (Wildman–Crippen MR) is 95.8 cm³/mol. The Hall–Kier alpha value is -3.19. The van der Waals surface area contributed by atoms with Gasteiger partial charge in [-0.1, -0.05) is 0 Å². The summed E-state index contributed by atoms with van der Waals surface area (Å²) in [5, 5.41) is 16.1. The van der Waals surface area contributed by atoms with Gasteiger partial charge in [-0.2, -0.15) is 18.4 Å². The molecule has 0 unspecified atom stereocenters. The third kappa shape index (κ3) is 4.92. The van der Waals surface area contributed by atoms with E-state index in [0.29, 0.717) is 0 Å². The fraction of sp³-hybridized carbons (Fsp3) is 0.118. The summed E-state index contributed by atoms with van der Waals surface area (Å²) in [5.74, 6) is -1.39. The van der Waals surface area contributed by atoms with Crippen molar-refractivity contribution in [2.45, 2.75) is 6.18 Å². The number of amides is 1. The number of nitrogens with one attached hydrogen (secondary N) is 3. The van der Waals surface area contributed by atoms with Crippen LogP contribution in [0.5, 0.6) is 0 Å². The summed E-state index contributed by atoms with van der Waals surface area (Å²) in [5.41, 5.74) is -1.58. The quantitative estimate of drug-likeness (QED) is 0.542. The zero-order valence-electron chi connectivity index (χ0n) is 13.7. The molecule has 0 atom stereocenters. The van der Waals surface area contributed by atoms with Crippen molar-refractivity contribution in [1.29, 1.82) is 5.26 Å². The number of nitrogens with zero attached hydrogens (tertiary/aromatic N) is 1. The van der Waals surface area contributed by atoms with Crippen molar-refractivity contribution >= 4 is 34.6 Å². The predicted octanol–water partition coefficient (Wildman–Crippen LogP) is 3.88. The van der Waals surface area contributed by atoms with Gasteiger partial charge in [0, 0.05) is 18.4 Å². The molecule has 2 aromatic carbocycles. The summed E-state index contributed by atoms with van der Waals surface area (Å²) in [6.07, 6.45) is -4.70. The normalized spacial score (nSPS) is 10.7. The van der Waals surface area contributed by atoms with Gasteiger partial charge in [0.05, 0.1) is 22.8 Å². The van der Waals surface area contributed by atoms with Gasteiger partial charge in [-0.3, -0.25) is 4.79 Å². The number of hydrogen-bond acceptors (Lipinski definition) is 3. The lowest BCUT2D eigenvalue weighted by atomic mass is 10.1. The molecular weight excluding hydrogens is 384 g/mol. The van der Waals surface area contributed by atoms with Gasteiger partial charge < -0.3 is 16.0 Å². The number of carbonyl (C=O) groups is 1. The molecule has 0 spiro atoms. The van der Waals surface area contributed by atoms with E-state index in [0.717, 1.165) is 18.2 Å².